The number of hydrogen-bond acceptors (Lipinski definition) is 3. The second kappa shape index (κ2) is 2.19. The number of hydrogen-bond donors (Lipinski definition) is 0. The molecule has 0 aromatic carbocycles. The third-order valence-electron chi connectivity index (χ3n) is 2.02. The first-order valence-corrected chi connectivity index (χ1v) is 3.62. The van der Waals surface area contributed by atoms with Gasteiger partial charge >= 0.3 is 0 Å². The van der Waals surface area contributed by atoms with Gasteiger partial charge in [0.05, 0.1) is 12.2 Å². The van der Waals surface area contributed by atoms with E-state index < -0.39 is 0 Å². The zero-order chi connectivity index (χ0) is 7.14. The number of ether oxygens (including phenoxy) is 2. The van der Waals surface area contributed by atoms with Crippen LogP contribution in [0.5, 0.6) is 0 Å². The Morgan fingerprint density at radius 1 is 1.30 bits per heavy atom. The van der Waals surface area contributed by atoms with Gasteiger partial charge in [0.2, 0.25) is 0 Å². The van der Waals surface area contributed by atoms with Crippen LogP contribution in [0.3, 0.4) is 0 Å². The predicted molar refractivity (Wildman–Crippen MR) is 36.1 cm³/mol. The SMILES string of the molecule is [CH2-]N1C[C@@H]2OC(C)O[C@@H]2C1. The molecule has 3 atom stereocenters. The largest absolute Gasteiger partial charge is 0.455 e. The van der Waals surface area contributed by atoms with Crippen LogP contribution in [0, 0.1) is 7.05 Å². The van der Waals surface area contributed by atoms with Gasteiger partial charge in [0.15, 0.2) is 6.29 Å². The Bertz CT molecular complexity index is 112. The van der Waals surface area contributed by atoms with E-state index in [9.17, 15) is 0 Å². The fourth-order valence-electron chi connectivity index (χ4n) is 1.60. The summed E-state index contributed by atoms with van der Waals surface area (Å²) in [6.07, 6.45) is 0.531. The fourth-order valence-corrected chi connectivity index (χ4v) is 1.60. The lowest BCUT2D eigenvalue weighted by Gasteiger charge is -2.18. The number of likely N-dealkylation sites (tertiary alicyclic amines) is 1. The molecule has 0 spiro atoms. The zero-order valence-corrected chi connectivity index (χ0v) is 6.12. The summed E-state index contributed by atoms with van der Waals surface area (Å²) in [6, 6.07) is 0. The minimum Gasteiger partial charge on any atom is -0.455 e. The first kappa shape index (κ1) is 6.58. The number of rotatable bonds is 0. The molecule has 2 aliphatic rings. The van der Waals surface area contributed by atoms with Gasteiger partial charge in [-0.3, -0.25) is 7.05 Å². The first-order valence-electron chi connectivity index (χ1n) is 3.62. The van der Waals surface area contributed by atoms with Crippen LogP contribution in [0.2, 0.25) is 0 Å². The van der Waals surface area contributed by atoms with E-state index in [1.54, 1.807) is 0 Å². The van der Waals surface area contributed by atoms with Gasteiger partial charge in [0, 0.05) is 0 Å². The molecule has 0 radical (unpaired) electrons. The average molecular weight is 142 g/mol. The molecule has 0 amide bonds. The van der Waals surface area contributed by atoms with Gasteiger partial charge in [0.25, 0.3) is 0 Å². The van der Waals surface area contributed by atoms with Gasteiger partial charge in [-0.15, -0.1) is 0 Å². The van der Waals surface area contributed by atoms with Gasteiger partial charge in [-0.1, -0.05) is 0 Å². The minimum absolute atomic E-state index is 0.0105. The molecule has 0 aliphatic carbocycles. The van der Waals surface area contributed by atoms with Crippen LogP contribution < -0.4 is 0 Å². The topological polar surface area (TPSA) is 21.7 Å². The lowest BCUT2D eigenvalue weighted by Crippen LogP contribution is -2.18. The lowest BCUT2D eigenvalue weighted by molar-refractivity contribution is -0.0624. The summed E-state index contributed by atoms with van der Waals surface area (Å²) in [5.41, 5.74) is 0. The van der Waals surface area contributed by atoms with Crippen molar-refractivity contribution in [1.29, 1.82) is 0 Å². The van der Waals surface area contributed by atoms with Crippen molar-refractivity contribution >= 4 is 0 Å². The molecule has 0 bridgehead atoms. The van der Waals surface area contributed by atoms with E-state index in [0.717, 1.165) is 13.1 Å². The molecule has 0 saturated carbocycles. The summed E-state index contributed by atoms with van der Waals surface area (Å²) in [7, 11) is 3.82. The van der Waals surface area contributed by atoms with Crippen molar-refractivity contribution in [2.24, 2.45) is 0 Å². The van der Waals surface area contributed by atoms with E-state index in [0.29, 0.717) is 0 Å². The second-order valence-electron chi connectivity index (χ2n) is 2.95. The van der Waals surface area contributed by atoms with Crippen molar-refractivity contribution in [2.45, 2.75) is 25.4 Å². The quantitative estimate of drug-likeness (QED) is 0.452. The summed E-state index contributed by atoms with van der Waals surface area (Å²) < 4.78 is 10.9. The zero-order valence-electron chi connectivity index (χ0n) is 6.12. The molecule has 3 heteroatoms. The Kier molecular flexibility index (Phi) is 1.44. The van der Waals surface area contributed by atoms with Crippen molar-refractivity contribution in [1.82, 2.24) is 4.90 Å². The maximum absolute atomic E-state index is 5.45. The van der Waals surface area contributed by atoms with Gasteiger partial charge < -0.3 is 14.4 Å². The molecule has 2 heterocycles. The van der Waals surface area contributed by atoms with E-state index in [1.165, 1.54) is 0 Å². The summed E-state index contributed by atoms with van der Waals surface area (Å²) in [4.78, 5) is 1.99. The molecule has 0 aromatic heterocycles. The van der Waals surface area contributed by atoms with Crippen molar-refractivity contribution < 1.29 is 9.47 Å². The van der Waals surface area contributed by atoms with E-state index in [2.05, 4.69) is 7.05 Å². The van der Waals surface area contributed by atoms with Gasteiger partial charge in [-0.25, -0.2) is 0 Å². The van der Waals surface area contributed by atoms with E-state index >= 15 is 0 Å². The van der Waals surface area contributed by atoms with Crippen molar-refractivity contribution in [3.05, 3.63) is 7.05 Å². The third kappa shape index (κ3) is 0.944. The van der Waals surface area contributed by atoms with Gasteiger partial charge in [-0.2, -0.15) is 0 Å². The molecule has 0 aromatic rings. The summed E-state index contributed by atoms with van der Waals surface area (Å²) in [5.74, 6) is 0. The molecule has 2 fully saturated rings. The molecule has 2 rings (SSSR count). The molecule has 58 valence electrons. The fraction of sp³-hybridized carbons (Fsp3) is 0.857. The third-order valence-corrected chi connectivity index (χ3v) is 2.02. The monoisotopic (exact) mass is 142 g/mol. The first-order chi connectivity index (χ1) is 4.75. The van der Waals surface area contributed by atoms with Gasteiger partial charge in [-0.05, 0) is 20.0 Å². The molecular formula is C7H12NO2-. The highest BCUT2D eigenvalue weighted by Crippen LogP contribution is 2.25. The second-order valence-corrected chi connectivity index (χ2v) is 2.95. The van der Waals surface area contributed by atoms with E-state index in [-0.39, 0.29) is 18.5 Å². The predicted octanol–water partition coefficient (Wildman–Crippen LogP) is 0.224. The molecule has 3 nitrogen and oxygen atoms in total. The highest BCUT2D eigenvalue weighted by atomic mass is 16.7. The Morgan fingerprint density at radius 3 is 2.30 bits per heavy atom. The summed E-state index contributed by atoms with van der Waals surface area (Å²) in [5, 5.41) is 0. The molecular weight excluding hydrogens is 130 g/mol. The molecule has 0 N–H and O–H groups in total. The smallest absolute Gasteiger partial charge is 0.155 e. The maximum Gasteiger partial charge on any atom is 0.155 e. The van der Waals surface area contributed by atoms with Gasteiger partial charge in [0.1, 0.15) is 0 Å². The van der Waals surface area contributed by atoms with Crippen LogP contribution >= 0.6 is 0 Å². The Labute approximate surface area is 60.9 Å². The van der Waals surface area contributed by atoms with Crippen LogP contribution in [0.15, 0.2) is 0 Å². The Hall–Kier alpha value is -0.120. The molecule has 2 saturated heterocycles. The molecule has 10 heavy (non-hydrogen) atoms. The standard InChI is InChI=1S/C7H12NO2/c1-5-9-6-3-8(2)4-7(6)10-5/h5-7H,2-4H2,1H3/q-1/t5?,6-,7+. The molecule has 1 unspecified atom stereocenters. The van der Waals surface area contributed by atoms with E-state index in [1.807, 2.05) is 11.8 Å². The summed E-state index contributed by atoms with van der Waals surface area (Å²) >= 11 is 0. The van der Waals surface area contributed by atoms with Crippen LogP contribution in [-0.2, 0) is 9.47 Å². The normalized spacial score (nSPS) is 48.0. The van der Waals surface area contributed by atoms with Crippen molar-refractivity contribution in [2.75, 3.05) is 13.1 Å². The lowest BCUT2D eigenvalue weighted by atomic mass is 10.3. The van der Waals surface area contributed by atoms with Crippen LogP contribution in [0.1, 0.15) is 6.92 Å². The highest BCUT2D eigenvalue weighted by molar-refractivity contribution is 4.88. The number of nitrogens with zero attached hydrogens (tertiary/aromatic N) is 1. The highest BCUT2D eigenvalue weighted by Gasteiger charge is 2.37. The van der Waals surface area contributed by atoms with Crippen LogP contribution in [0.4, 0.5) is 0 Å². The molecule has 2 aliphatic heterocycles. The van der Waals surface area contributed by atoms with Crippen molar-refractivity contribution in [3.63, 3.8) is 0 Å². The Balaban J connectivity index is 2.00. The van der Waals surface area contributed by atoms with Crippen LogP contribution in [0.25, 0.3) is 0 Å². The number of fused-ring (bicyclic) bond motifs is 1. The van der Waals surface area contributed by atoms with Crippen molar-refractivity contribution in [3.8, 4) is 0 Å². The summed E-state index contributed by atoms with van der Waals surface area (Å²) in [6.45, 7) is 3.76. The van der Waals surface area contributed by atoms with Crippen LogP contribution in [-0.4, -0.2) is 36.5 Å². The minimum atomic E-state index is -0.0105. The Morgan fingerprint density at radius 2 is 1.80 bits per heavy atom. The van der Waals surface area contributed by atoms with E-state index in [4.69, 9.17) is 9.47 Å². The maximum atomic E-state index is 5.45. The average Bonchev–Trinajstić information content (AvgIpc) is 2.21.